The van der Waals surface area contributed by atoms with Crippen molar-refractivity contribution in [1.82, 2.24) is 0 Å². The van der Waals surface area contributed by atoms with Gasteiger partial charge in [0, 0.05) is 4.83 Å². The second kappa shape index (κ2) is 4.55. The second-order valence-electron chi connectivity index (χ2n) is 6.36. The van der Waals surface area contributed by atoms with Crippen LogP contribution in [0.1, 0.15) is 53.9 Å². The first kappa shape index (κ1) is 12.5. The second-order valence-corrected chi connectivity index (χ2v) is 7.42. The SMILES string of the molecule is CC1CC(C(Br)C(C)C)CC(C)(C)C1. The zero-order valence-electron chi connectivity index (χ0n) is 10.3. The van der Waals surface area contributed by atoms with E-state index in [1.165, 1.54) is 19.3 Å². The average Bonchev–Trinajstić information content (AvgIpc) is 1.98. The summed E-state index contributed by atoms with van der Waals surface area (Å²) in [5, 5.41) is 0. The van der Waals surface area contributed by atoms with Crippen molar-refractivity contribution < 1.29 is 0 Å². The molecule has 0 bridgehead atoms. The molecule has 1 rings (SSSR count). The van der Waals surface area contributed by atoms with Crippen molar-refractivity contribution in [2.45, 2.75) is 58.7 Å². The zero-order valence-corrected chi connectivity index (χ0v) is 11.9. The van der Waals surface area contributed by atoms with Gasteiger partial charge in [-0.3, -0.25) is 0 Å². The number of rotatable bonds is 2. The van der Waals surface area contributed by atoms with E-state index in [1.54, 1.807) is 0 Å². The minimum Gasteiger partial charge on any atom is -0.0885 e. The summed E-state index contributed by atoms with van der Waals surface area (Å²) in [4.78, 5) is 0.713. The van der Waals surface area contributed by atoms with E-state index in [9.17, 15) is 0 Å². The van der Waals surface area contributed by atoms with Crippen molar-refractivity contribution in [3.05, 3.63) is 0 Å². The molecule has 0 radical (unpaired) electrons. The van der Waals surface area contributed by atoms with E-state index in [0.717, 1.165) is 17.8 Å². The lowest BCUT2D eigenvalue weighted by molar-refractivity contribution is 0.125. The fourth-order valence-electron chi connectivity index (χ4n) is 3.21. The van der Waals surface area contributed by atoms with E-state index in [4.69, 9.17) is 0 Å². The van der Waals surface area contributed by atoms with Crippen LogP contribution < -0.4 is 0 Å². The lowest BCUT2D eigenvalue weighted by atomic mass is 9.66. The van der Waals surface area contributed by atoms with Crippen molar-refractivity contribution in [3.63, 3.8) is 0 Å². The molecule has 0 aromatic heterocycles. The van der Waals surface area contributed by atoms with Gasteiger partial charge in [0.25, 0.3) is 0 Å². The predicted octanol–water partition coefficient (Wildman–Crippen LogP) is 4.87. The fraction of sp³-hybridized carbons (Fsp3) is 1.00. The topological polar surface area (TPSA) is 0 Å². The Morgan fingerprint density at radius 2 is 1.79 bits per heavy atom. The molecule has 84 valence electrons. The standard InChI is InChI=1S/C13H25Br/c1-9(2)12(14)11-6-10(3)7-13(4,5)8-11/h9-12H,6-8H2,1-5H3. The van der Waals surface area contributed by atoms with Crippen molar-refractivity contribution >= 4 is 15.9 Å². The van der Waals surface area contributed by atoms with E-state index in [-0.39, 0.29) is 0 Å². The third-order valence-electron chi connectivity index (χ3n) is 3.51. The molecule has 3 unspecified atom stereocenters. The predicted molar refractivity (Wildman–Crippen MR) is 67.8 cm³/mol. The van der Waals surface area contributed by atoms with E-state index < -0.39 is 0 Å². The Bertz CT molecular complexity index is 184. The summed E-state index contributed by atoms with van der Waals surface area (Å²) in [6.45, 7) is 11.9. The zero-order chi connectivity index (χ0) is 10.9. The number of hydrogen-bond donors (Lipinski definition) is 0. The average molecular weight is 261 g/mol. The monoisotopic (exact) mass is 260 g/mol. The third kappa shape index (κ3) is 3.25. The largest absolute Gasteiger partial charge is 0.0885 e. The Kier molecular flexibility index (Phi) is 4.08. The fourth-order valence-corrected chi connectivity index (χ4v) is 3.61. The molecule has 0 aliphatic heterocycles. The van der Waals surface area contributed by atoms with Gasteiger partial charge in [0.05, 0.1) is 0 Å². The molecule has 0 amide bonds. The molecule has 0 heterocycles. The van der Waals surface area contributed by atoms with Crippen LogP contribution in [0.15, 0.2) is 0 Å². The van der Waals surface area contributed by atoms with Crippen molar-refractivity contribution in [1.29, 1.82) is 0 Å². The van der Waals surface area contributed by atoms with Gasteiger partial charge in [-0.2, -0.15) is 0 Å². The van der Waals surface area contributed by atoms with Crippen LogP contribution in [0.2, 0.25) is 0 Å². The Hall–Kier alpha value is 0.480. The van der Waals surface area contributed by atoms with Crippen molar-refractivity contribution in [2.75, 3.05) is 0 Å². The number of alkyl halides is 1. The summed E-state index contributed by atoms with van der Waals surface area (Å²) >= 11 is 3.88. The van der Waals surface area contributed by atoms with Gasteiger partial charge in [0.2, 0.25) is 0 Å². The summed E-state index contributed by atoms with van der Waals surface area (Å²) in [5.41, 5.74) is 0.559. The highest BCUT2D eigenvalue weighted by Gasteiger charge is 2.35. The summed E-state index contributed by atoms with van der Waals surface area (Å²) < 4.78 is 0. The van der Waals surface area contributed by atoms with Gasteiger partial charge in [-0.15, -0.1) is 0 Å². The van der Waals surface area contributed by atoms with Gasteiger partial charge in [-0.05, 0) is 42.4 Å². The molecule has 14 heavy (non-hydrogen) atoms. The van der Waals surface area contributed by atoms with Crippen LogP contribution >= 0.6 is 15.9 Å². The third-order valence-corrected chi connectivity index (χ3v) is 5.31. The molecule has 1 heteroatoms. The molecule has 0 saturated heterocycles. The summed E-state index contributed by atoms with van der Waals surface area (Å²) in [6, 6.07) is 0. The normalized spacial score (nSPS) is 34.5. The van der Waals surface area contributed by atoms with Crippen LogP contribution in [0.5, 0.6) is 0 Å². The molecule has 1 fully saturated rings. The maximum absolute atomic E-state index is 3.88. The van der Waals surface area contributed by atoms with Crippen LogP contribution in [-0.2, 0) is 0 Å². The van der Waals surface area contributed by atoms with Gasteiger partial charge in [-0.1, -0.05) is 50.5 Å². The lowest BCUT2D eigenvalue weighted by Gasteiger charge is -2.41. The van der Waals surface area contributed by atoms with E-state index in [0.29, 0.717) is 10.2 Å². The Balaban J connectivity index is 2.62. The maximum Gasteiger partial charge on any atom is 0.0197 e. The first-order valence-corrected chi connectivity index (χ1v) is 6.87. The lowest BCUT2D eigenvalue weighted by Crippen LogP contribution is -2.33. The molecule has 1 aliphatic carbocycles. The van der Waals surface area contributed by atoms with Gasteiger partial charge < -0.3 is 0 Å². The number of hydrogen-bond acceptors (Lipinski definition) is 0. The molecule has 1 saturated carbocycles. The highest BCUT2D eigenvalue weighted by Crippen LogP contribution is 2.45. The first-order valence-electron chi connectivity index (χ1n) is 5.96. The molecular weight excluding hydrogens is 236 g/mol. The van der Waals surface area contributed by atoms with Crippen LogP contribution in [-0.4, -0.2) is 4.83 Å². The Labute approximate surface area is 98.0 Å². The molecule has 0 N–H and O–H groups in total. The van der Waals surface area contributed by atoms with Gasteiger partial charge >= 0.3 is 0 Å². The molecule has 0 spiro atoms. The van der Waals surface area contributed by atoms with Gasteiger partial charge in [0.15, 0.2) is 0 Å². The maximum atomic E-state index is 3.88. The molecule has 0 aromatic carbocycles. The van der Waals surface area contributed by atoms with E-state index >= 15 is 0 Å². The number of halogens is 1. The van der Waals surface area contributed by atoms with Gasteiger partial charge in [0.1, 0.15) is 0 Å². The highest BCUT2D eigenvalue weighted by atomic mass is 79.9. The highest BCUT2D eigenvalue weighted by molar-refractivity contribution is 9.09. The van der Waals surface area contributed by atoms with E-state index in [2.05, 4.69) is 50.5 Å². The summed E-state index contributed by atoms with van der Waals surface area (Å²) in [5.74, 6) is 2.55. The first-order chi connectivity index (χ1) is 6.32. The van der Waals surface area contributed by atoms with Crippen molar-refractivity contribution in [2.24, 2.45) is 23.2 Å². The van der Waals surface area contributed by atoms with Crippen LogP contribution in [0.4, 0.5) is 0 Å². The van der Waals surface area contributed by atoms with E-state index in [1.807, 2.05) is 0 Å². The van der Waals surface area contributed by atoms with Crippen LogP contribution in [0.25, 0.3) is 0 Å². The van der Waals surface area contributed by atoms with Crippen molar-refractivity contribution in [3.8, 4) is 0 Å². The van der Waals surface area contributed by atoms with Crippen LogP contribution in [0.3, 0.4) is 0 Å². The molecular formula is C13H25Br. The molecule has 1 aliphatic rings. The minimum atomic E-state index is 0.559. The molecule has 0 aromatic rings. The molecule has 0 nitrogen and oxygen atoms in total. The minimum absolute atomic E-state index is 0.559. The van der Waals surface area contributed by atoms with Gasteiger partial charge in [-0.25, -0.2) is 0 Å². The Morgan fingerprint density at radius 1 is 1.21 bits per heavy atom. The summed E-state index contributed by atoms with van der Waals surface area (Å²) in [6.07, 6.45) is 4.21. The smallest absolute Gasteiger partial charge is 0.0197 e. The van der Waals surface area contributed by atoms with Crippen LogP contribution in [0, 0.1) is 23.2 Å². The Morgan fingerprint density at radius 3 is 2.21 bits per heavy atom. The molecule has 3 atom stereocenters. The summed E-state index contributed by atoms with van der Waals surface area (Å²) in [7, 11) is 0. The quantitative estimate of drug-likeness (QED) is 0.622.